The monoisotopic (exact) mass is 317 g/mol. The first-order valence-electron chi connectivity index (χ1n) is 7.35. The van der Waals surface area contributed by atoms with Crippen LogP contribution in [0.4, 0.5) is 0 Å². The third kappa shape index (κ3) is 3.21. The Labute approximate surface area is 140 Å². The molecule has 0 radical (unpaired) electrons. The minimum absolute atomic E-state index is 0.346. The summed E-state index contributed by atoms with van der Waals surface area (Å²) in [5.74, 6) is 6.23. The topological polar surface area (TPSA) is 48.4 Å². The van der Waals surface area contributed by atoms with Crippen molar-refractivity contribution in [3.05, 3.63) is 71.4 Å². The van der Waals surface area contributed by atoms with Crippen LogP contribution in [0.25, 0.3) is 10.9 Å². The van der Waals surface area contributed by atoms with Gasteiger partial charge in [-0.2, -0.15) is 0 Å². The standard InChI is InChI=1S/C20H15NO3/c1-23-16-10-9-15-12-17(20(22)24-2)18(21-19(15)13-16)11-8-14-6-4-3-5-7-14/h3-7,9-10,12-13H,1-2H3. The van der Waals surface area contributed by atoms with Crippen molar-refractivity contribution in [2.75, 3.05) is 14.2 Å². The number of ether oxygens (including phenoxy) is 2. The van der Waals surface area contributed by atoms with Gasteiger partial charge in [-0.3, -0.25) is 0 Å². The van der Waals surface area contributed by atoms with Crippen LogP contribution in [-0.2, 0) is 4.74 Å². The van der Waals surface area contributed by atoms with E-state index in [1.807, 2.05) is 48.5 Å². The summed E-state index contributed by atoms with van der Waals surface area (Å²) in [5.41, 5.74) is 2.28. The zero-order valence-electron chi connectivity index (χ0n) is 13.4. The lowest BCUT2D eigenvalue weighted by atomic mass is 10.1. The van der Waals surface area contributed by atoms with Crippen molar-refractivity contribution >= 4 is 16.9 Å². The molecule has 1 aromatic heterocycles. The van der Waals surface area contributed by atoms with E-state index >= 15 is 0 Å². The predicted octanol–water partition coefficient (Wildman–Crippen LogP) is 3.43. The maximum atomic E-state index is 12.1. The number of esters is 1. The van der Waals surface area contributed by atoms with Gasteiger partial charge in [-0.05, 0) is 36.3 Å². The molecule has 0 aliphatic carbocycles. The summed E-state index contributed by atoms with van der Waals surface area (Å²) in [5, 5.41) is 0.821. The molecule has 0 amide bonds. The Kier molecular flexibility index (Phi) is 4.44. The normalized spacial score (nSPS) is 9.92. The molecule has 0 unspecified atom stereocenters. The number of hydrogen-bond acceptors (Lipinski definition) is 4. The van der Waals surface area contributed by atoms with Gasteiger partial charge < -0.3 is 9.47 Å². The first kappa shape index (κ1) is 15.6. The van der Waals surface area contributed by atoms with Gasteiger partial charge in [-0.1, -0.05) is 24.1 Å². The van der Waals surface area contributed by atoms with Crippen molar-refractivity contribution in [2.45, 2.75) is 0 Å². The lowest BCUT2D eigenvalue weighted by Crippen LogP contribution is -2.06. The van der Waals surface area contributed by atoms with E-state index in [1.165, 1.54) is 7.11 Å². The molecular weight excluding hydrogens is 302 g/mol. The lowest BCUT2D eigenvalue weighted by molar-refractivity contribution is 0.0600. The van der Waals surface area contributed by atoms with Crippen LogP contribution in [0.1, 0.15) is 21.6 Å². The van der Waals surface area contributed by atoms with E-state index < -0.39 is 5.97 Å². The molecule has 0 bridgehead atoms. The molecule has 0 saturated heterocycles. The van der Waals surface area contributed by atoms with Crippen molar-refractivity contribution in [1.82, 2.24) is 4.98 Å². The van der Waals surface area contributed by atoms with Crippen LogP contribution in [0.15, 0.2) is 54.6 Å². The second-order valence-electron chi connectivity index (χ2n) is 5.05. The molecule has 3 aromatic rings. The fourth-order valence-corrected chi connectivity index (χ4v) is 2.29. The fourth-order valence-electron chi connectivity index (χ4n) is 2.29. The second kappa shape index (κ2) is 6.84. The predicted molar refractivity (Wildman–Crippen MR) is 92.1 cm³/mol. The Morgan fingerprint density at radius 1 is 1.00 bits per heavy atom. The Bertz CT molecular complexity index is 953. The summed E-state index contributed by atoms with van der Waals surface area (Å²) in [6, 6.07) is 16.7. The van der Waals surface area contributed by atoms with Crippen molar-refractivity contribution in [3.8, 4) is 17.6 Å². The van der Waals surface area contributed by atoms with Crippen LogP contribution >= 0.6 is 0 Å². The number of hydrogen-bond donors (Lipinski definition) is 0. The van der Waals surface area contributed by atoms with E-state index in [0.717, 1.165) is 10.9 Å². The number of aromatic nitrogens is 1. The Morgan fingerprint density at radius 2 is 1.79 bits per heavy atom. The largest absolute Gasteiger partial charge is 0.497 e. The van der Waals surface area contributed by atoms with E-state index in [0.29, 0.717) is 22.5 Å². The van der Waals surface area contributed by atoms with E-state index in [-0.39, 0.29) is 0 Å². The molecule has 118 valence electrons. The molecule has 0 spiro atoms. The zero-order valence-corrected chi connectivity index (χ0v) is 13.4. The Hall–Kier alpha value is -3.32. The summed E-state index contributed by atoms with van der Waals surface area (Å²) in [7, 11) is 2.94. The molecule has 4 heteroatoms. The number of benzene rings is 2. The summed E-state index contributed by atoms with van der Waals surface area (Å²) in [4.78, 5) is 16.6. The zero-order chi connectivity index (χ0) is 16.9. The van der Waals surface area contributed by atoms with Crippen LogP contribution in [-0.4, -0.2) is 25.2 Å². The van der Waals surface area contributed by atoms with Crippen molar-refractivity contribution in [3.63, 3.8) is 0 Å². The summed E-state index contributed by atoms with van der Waals surface area (Å²) < 4.78 is 10.1. The van der Waals surface area contributed by atoms with Crippen LogP contribution in [0.2, 0.25) is 0 Å². The maximum Gasteiger partial charge on any atom is 0.340 e. The third-order valence-corrected chi connectivity index (χ3v) is 3.53. The third-order valence-electron chi connectivity index (χ3n) is 3.53. The molecule has 24 heavy (non-hydrogen) atoms. The number of nitrogens with zero attached hydrogens (tertiary/aromatic N) is 1. The molecule has 0 aliphatic rings. The highest BCUT2D eigenvalue weighted by Crippen LogP contribution is 2.22. The van der Waals surface area contributed by atoms with Crippen LogP contribution in [0.5, 0.6) is 5.75 Å². The Morgan fingerprint density at radius 3 is 2.50 bits per heavy atom. The molecule has 0 aliphatic heterocycles. The molecule has 4 nitrogen and oxygen atoms in total. The van der Waals surface area contributed by atoms with E-state index in [9.17, 15) is 4.79 Å². The van der Waals surface area contributed by atoms with Gasteiger partial charge in [0.05, 0.1) is 25.3 Å². The van der Waals surface area contributed by atoms with Crippen LogP contribution < -0.4 is 4.74 Å². The summed E-state index contributed by atoms with van der Waals surface area (Å²) in [6.07, 6.45) is 0. The molecule has 0 N–H and O–H groups in total. The van der Waals surface area contributed by atoms with Gasteiger partial charge in [-0.25, -0.2) is 9.78 Å². The van der Waals surface area contributed by atoms with Gasteiger partial charge in [0.15, 0.2) is 0 Å². The number of rotatable bonds is 2. The SMILES string of the molecule is COC(=O)c1cc2ccc(OC)cc2nc1C#Cc1ccccc1. The molecular formula is C20H15NO3. The number of pyridine rings is 1. The van der Waals surface area contributed by atoms with Gasteiger partial charge in [0, 0.05) is 17.0 Å². The molecule has 3 rings (SSSR count). The summed E-state index contributed by atoms with van der Waals surface area (Å²) in [6.45, 7) is 0. The number of methoxy groups -OCH3 is 2. The minimum Gasteiger partial charge on any atom is -0.497 e. The molecule has 0 saturated carbocycles. The van der Waals surface area contributed by atoms with Crippen molar-refractivity contribution in [1.29, 1.82) is 0 Å². The average molecular weight is 317 g/mol. The van der Waals surface area contributed by atoms with Crippen LogP contribution in [0.3, 0.4) is 0 Å². The van der Waals surface area contributed by atoms with Crippen LogP contribution in [0, 0.1) is 11.8 Å². The quantitative estimate of drug-likeness (QED) is 0.537. The maximum absolute atomic E-state index is 12.1. The second-order valence-corrected chi connectivity index (χ2v) is 5.05. The molecule has 0 fully saturated rings. The number of carbonyl (C=O) groups excluding carboxylic acids is 1. The van der Waals surface area contributed by atoms with Gasteiger partial charge >= 0.3 is 5.97 Å². The minimum atomic E-state index is -0.461. The van der Waals surface area contributed by atoms with Crippen molar-refractivity contribution in [2.24, 2.45) is 0 Å². The lowest BCUT2D eigenvalue weighted by Gasteiger charge is -2.06. The Balaban J connectivity index is 2.16. The molecule has 0 atom stereocenters. The van der Waals surface area contributed by atoms with E-state index in [2.05, 4.69) is 16.8 Å². The van der Waals surface area contributed by atoms with Gasteiger partial charge in [-0.15, -0.1) is 0 Å². The van der Waals surface area contributed by atoms with Gasteiger partial charge in [0.25, 0.3) is 0 Å². The highest BCUT2D eigenvalue weighted by Gasteiger charge is 2.14. The average Bonchev–Trinajstić information content (AvgIpc) is 2.65. The van der Waals surface area contributed by atoms with Gasteiger partial charge in [0.1, 0.15) is 11.4 Å². The van der Waals surface area contributed by atoms with E-state index in [4.69, 9.17) is 9.47 Å². The highest BCUT2D eigenvalue weighted by atomic mass is 16.5. The smallest absolute Gasteiger partial charge is 0.340 e. The highest BCUT2D eigenvalue weighted by molar-refractivity contribution is 5.96. The summed E-state index contributed by atoms with van der Waals surface area (Å²) >= 11 is 0. The molecule has 1 heterocycles. The first-order valence-corrected chi connectivity index (χ1v) is 7.35. The first-order chi connectivity index (χ1) is 11.7. The molecule has 2 aromatic carbocycles. The number of carbonyl (C=O) groups is 1. The fraction of sp³-hybridized carbons (Fsp3) is 0.100. The number of fused-ring (bicyclic) bond motifs is 1. The van der Waals surface area contributed by atoms with Gasteiger partial charge in [0.2, 0.25) is 0 Å². The van der Waals surface area contributed by atoms with Crippen molar-refractivity contribution < 1.29 is 14.3 Å². The van der Waals surface area contributed by atoms with E-state index in [1.54, 1.807) is 13.2 Å².